The molecule has 0 aliphatic carbocycles. The standard InChI is InChI=1S/C17H15N3O/c1-12-7-13(2)9-15(8-12)20-10-14(11-21)17(19-20)16-5-3-4-6-18-16/h3-11H,1-2H3. The lowest BCUT2D eigenvalue weighted by Gasteiger charge is -2.04. The number of nitrogens with zero attached hydrogens (tertiary/aromatic N) is 3. The maximum absolute atomic E-state index is 11.3. The molecule has 0 bridgehead atoms. The van der Waals surface area contributed by atoms with Gasteiger partial charge in [0.1, 0.15) is 5.69 Å². The molecule has 0 amide bonds. The third-order valence-corrected chi connectivity index (χ3v) is 3.25. The summed E-state index contributed by atoms with van der Waals surface area (Å²) in [7, 11) is 0. The fraction of sp³-hybridized carbons (Fsp3) is 0.118. The van der Waals surface area contributed by atoms with Crippen molar-refractivity contribution in [2.24, 2.45) is 0 Å². The summed E-state index contributed by atoms with van der Waals surface area (Å²) < 4.78 is 1.73. The van der Waals surface area contributed by atoms with Crippen LogP contribution in [-0.4, -0.2) is 21.1 Å². The molecule has 0 N–H and O–H groups in total. The van der Waals surface area contributed by atoms with Gasteiger partial charge in [-0.05, 0) is 49.2 Å². The van der Waals surface area contributed by atoms with Crippen molar-refractivity contribution in [1.82, 2.24) is 14.8 Å². The monoisotopic (exact) mass is 277 g/mol. The summed E-state index contributed by atoms with van der Waals surface area (Å²) >= 11 is 0. The Morgan fingerprint density at radius 1 is 1.10 bits per heavy atom. The van der Waals surface area contributed by atoms with E-state index in [0.717, 1.165) is 23.1 Å². The molecule has 2 aromatic heterocycles. The minimum atomic E-state index is 0.535. The average Bonchev–Trinajstić information content (AvgIpc) is 2.91. The van der Waals surface area contributed by atoms with Gasteiger partial charge in [0.05, 0.1) is 16.9 Å². The van der Waals surface area contributed by atoms with Crippen LogP contribution in [0.15, 0.2) is 48.8 Å². The SMILES string of the molecule is Cc1cc(C)cc(-n2cc(C=O)c(-c3ccccn3)n2)c1. The van der Waals surface area contributed by atoms with Gasteiger partial charge in [0.15, 0.2) is 6.29 Å². The highest BCUT2D eigenvalue weighted by Crippen LogP contribution is 2.21. The topological polar surface area (TPSA) is 47.8 Å². The van der Waals surface area contributed by atoms with E-state index in [2.05, 4.69) is 16.1 Å². The number of hydrogen-bond acceptors (Lipinski definition) is 3. The highest BCUT2D eigenvalue weighted by Gasteiger charge is 2.12. The fourth-order valence-corrected chi connectivity index (χ4v) is 2.39. The number of benzene rings is 1. The van der Waals surface area contributed by atoms with Gasteiger partial charge < -0.3 is 0 Å². The second kappa shape index (κ2) is 5.32. The van der Waals surface area contributed by atoms with Crippen molar-refractivity contribution in [2.75, 3.05) is 0 Å². The van der Waals surface area contributed by atoms with Crippen LogP contribution in [0.3, 0.4) is 0 Å². The van der Waals surface area contributed by atoms with Crippen LogP contribution >= 0.6 is 0 Å². The van der Waals surface area contributed by atoms with Gasteiger partial charge in [0.2, 0.25) is 0 Å². The van der Waals surface area contributed by atoms with Gasteiger partial charge >= 0.3 is 0 Å². The molecule has 0 unspecified atom stereocenters. The Labute approximate surface area is 123 Å². The van der Waals surface area contributed by atoms with Gasteiger partial charge in [0, 0.05) is 12.4 Å². The zero-order valence-corrected chi connectivity index (χ0v) is 11.9. The lowest BCUT2D eigenvalue weighted by atomic mass is 10.1. The molecule has 104 valence electrons. The van der Waals surface area contributed by atoms with Gasteiger partial charge in [-0.3, -0.25) is 9.78 Å². The Balaban J connectivity index is 2.13. The largest absolute Gasteiger partial charge is 0.298 e. The average molecular weight is 277 g/mol. The van der Waals surface area contributed by atoms with Gasteiger partial charge in [-0.15, -0.1) is 0 Å². The van der Waals surface area contributed by atoms with Crippen molar-refractivity contribution in [2.45, 2.75) is 13.8 Å². The molecule has 3 rings (SSSR count). The van der Waals surface area contributed by atoms with E-state index in [1.807, 2.05) is 44.2 Å². The van der Waals surface area contributed by atoms with E-state index in [4.69, 9.17) is 0 Å². The molecular weight excluding hydrogens is 262 g/mol. The molecule has 0 saturated heterocycles. The number of aromatic nitrogens is 3. The third-order valence-electron chi connectivity index (χ3n) is 3.25. The zero-order chi connectivity index (χ0) is 14.8. The van der Waals surface area contributed by atoms with Crippen LogP contribution in [0.2, 0.25) is 0 Å². The van der Waals surface area contributed by atoms with Crippen molar-refractivity contribution >= 4 is 6.29 Å². The minimum Gasteiger partial charge on any atom is -0.298 e. The van der Waals surface area contributed by atoms with Crippen molar-refractivity contribution in [3.63, 3.8) is 0 Å². The molecular formula is C17H15N3O. The fourth-order valence-electron chi connectivity index (χ4n) is 2.39. The van der Waals surface area contributed by atoms with Crippen LogP contribution in [0.4, 0.5) is 0 Å². The van der Waals surface area contributed by atoms with Gasteiger partial charge in [-0.25, -0.2) is 4.68 Å². The Hall–Kier alpha value is -2.75. The number of carbonyl (C=O) groups is 1. The van der Waals surface area contributed by atoms with Gasteiger partial charge in [-0.1, -0.05) is 12.1 Å². The Bertz CT molecular complexity index is 771. The van der Waals surface area contributed by atoms with E-state index < -0.39 is 0 Å². The maximum Gasteiger partial charge on any atom is 0.153 e. The summed E-state index contributed by atoms with van der Waals surface area (Å²) in [6.45, 7) is 4.08. The summed E-state index contributed by atoms with van der Waals surface area (Å²) in [5, 5.41) is 4.53. The van der Waals surface area contributed by atoms with Crippen molar-refractivity contribution < 1.29 is 4.79 Å². The molecule has 0 aliphatic rings. The van der Waals surface area contributed by atoms with E-state index >= 15 is 0 Å². The van der Waals surface area contributed by atoms with Crippen LogP contribution in [0.25, 0.3) is 17.1 Å². The highest BCUT2D eigenvalue weighted by atomic mass is 16.1. The van der Waals surface area contributed by atoms with Crippen LogP contribution in [0.1, 0.15) is 21.5 Å². The maximum atomic E-state index is 11.3. The van der Waals surface area contributed by atoms with E-state index in [0.29, 0.717) is 17.0 Å². The Morgan fingerprint density at radius 2 is 1.86 bits per heavy atom. The molecule has 0 saturated carbocycles. The van der Waals surface area contributed by atoms with Crippen molar-refractivity contribution in [3.05, 3.63) is 65.5 Å². The lowest BCUT2D eigenvalue weighted by molar-refractivity contribution is 0.112. The zero-order valence-electron chi connectivity index (χ0n) is 11.9. The summed E-state index contributed by atoms with van der Waals surface area (Å²) in [6, 6.07) is 11.7. The molecule has 4 heteroatoms. The van der Waals surface area contributed by atoms with Crippen LogP contribution < -0.4 is 0 Å². The normalized spacial score (nSPS) is 10.6. The summed E-state index contributed by atoms with van der Waals surface area (Å²) in [4.78, 5) is 15.6. The number of aldehydes is 1. The van der Waals surface area contributed by atoms with E-state index in [1.54, 1.807) is 17.1 Å². The Kier molecular flexibility index (Phi) is 3.36. The third kappa shape index (κ3) is 2.60. The van der Waals surface area contributed by atoms with E-state index in [-0.39, 0.29) is 0 Å². The minimum absolute atomic E-state index is 0.535. The summed E-state index contributed by atoms with van der Waals surface area (Å²) in [5.74, 6) is 0. The molecule has 0 aliphatic heterocycles. The molecule has 0 radical (unpaired) electrons. The predicted octanol–water partition coefficient (Wildman–Crippen LogP) is 3.36. The molecule has 4 nitrogen and oxygen atoms in total. The van der Waals surface area contributed by atoms with Gasteiger partial charge in [0.25, 0.3) is 0 Å². The predicted molar refractivity (Wildman–Crippen MR) is 81.7 cm³/mol. The van der Waals surface area contributed by atoms with Crippen LogP contribution in [0, 0.1) is 13.8 Å². The molecule has 2 heterocycles. The van der Waals surface area contributed by atoms with Crippen LogP contribution in [-0.2, 0) is 0 Å². The number of carbonyl (C=O) groups excluding carboxylic acids is 1. The van der Waals surface area contributed by atoms with Crippen LogP contribution in [0.5, 0.6) is 0 Å². The second-order valence-electron chi connectivity index (χ2n) is 5.06. The van der Waals surface area contributed by atoms with Crippen molar-refractivity contribution in [3.8, 4) is 17.1 Å². The molecule has 0 fully saturated rings. The quantitative estimate of drug-likeness (QED) is 0.690. The number of rotatable bonds is 3. The molecule has 0 atom stereocenters. The lowest BCUT2D eigenvalue weighted by Crippen LogP contribution is -1.96. The molecule has 21 heavy (non-hydrogen) atoms. The number of aryl methyl sites for hydroxylation is 2. The first-order chi connectivity index (χ1) is 10.2. The first-order valence-corrected chi connectivity index (χ1v) is 6.72. The Morgan fingerprint density at radius 3 is 2.48 bits per heavy atom. The van der Waals surface area contributed by atoms with E-state index in [1.165, 1.54) is 0 Å². The number of pyridine rings is 1. The first kappa shape index (κ1) is 13.2. The number of hydrogen-bond donors (Lipinski definition) is 0. The smallest absolute Gasteiger partial charge is 0.153 e. The first-order valence-electron chi connectivity index (χ1n) is 6.72. The van der Waals surface area contributed by atoms with Gasteiger partial charge in [-0.2, -0.15) is 5.10 Å². The molecule has 1 aromatic carbocycles. The van der Waals surface area contributed by atoms with E-state index in [9.17, 15) is 4.79 Å². The van der Waals surface area contributed by atoms with Crippen molar-refractivity contribution in [1.29, 1.82) is 0 Å². The molecule has 3 aromatic rings. The highest BCUT2D eigenvalue weighted by molar-refractivity contribution is 5.84. The summed E-state index contributed by atoms with van der Waals surface area (Å²) in [5.41, 5.74) is 5.10. The summed E-state index contributed by atoms with van der Waals surface area (Å²) in [6.07, 6.45) is 4.25. The second-order valence-corrected chi connectivity index (χ2v) is 5.06. The molecule has 0 spiro atoms.